The van der Waals surface area contributed by atoms with Gasteiger partial charge in [-0.05, 0) is 45.4 Å². The number of hydrogen-bond donors (Lipinski definition) is 1. The molecule has 1 aromatic heterocycles. The number of nitro groups is 1. The van der Waals surface area contributed by atoms with Gasteiger partial charge in [0.1, 0.15) is 12.7 Å². The van der Waals surface area contributed by atoms with E-state index in [1.165, 1.54) is 6.07 Å². The first-order valence-corrected chi connectivity index (χ1v) is 8.05. The molecule has 0 bridgehead atoms. The van der Waals surface area contributed by atoms with Crippen molar-refractivity contribution in [2.75, 3.05) is 18.1 Å². The molecule has 2 aromatic rings. The maximum atomic E-state index is 11.1. The van der Waals surface area contributed by atoms with Crippen LogP contribution in [0, 0.1) is 17.0 Å². The van der Waals surface area contributed by atoms with Gasteiger partial charge in [-0.3, -0.25) is 10.1 Å². The van der Waals surface area contributed by atoms with E-state index in [0.717, 1.165) is 5.56 Å². The van der Waals surface area contributed by atoms with Crippen LogP contribution in [-0.2, 0) is 0 Å². The first kappa shape index (κ1) is 18.8. The van der Waals surface area contributed by atoms with Crippen molar-refractivity contribution in [2.24, 2.45) is 0 Å². The predicted octanol–water partition coefficient (Wildman–Crippen LogP) is 3.54. The Bertz CT molecular complexity index is 707. The molecule has 0 spiro atoms. The molecule has 0 unspecified atom stereocenters. The van der Waals surface area contributed by atoms with Crippen molar-refractivity contribution in [1.82, 2.24) is 0 Å². The quantitative estimate of drug-likeness (QED) is 0.608. The Labute approximate surface area is 147 Å². The first-order valence-electron chi connectivity index (χ1n) is 8.05. The second kappa shape index (κ2) is 7.57. The molecule has 1 N–H and O–H groups in total. The minimum atomic E-state index is -0.843. The Kier molecular flexibility index (Phi) is 5.69. The number of nitrogens with zero attached hydrogens (tertiary/aromatic N) is 2. The topological polar surface area (TPSA) is 89.0 Å². The average molecular weight is 348 g/mol. The van der Waals surface area contributed by atoms with Crippen molar-refractivity contribution < 1.29 is 19.2 Å². The van der Waals surface area contributed by atoms with Crippen molar-refractivity contribution in [3.63, 3.8) is 0 Å². The van der Waals surface area contributed by atoms with Gasteiger partial charge in [0.25, 0.3) is 0 Å². The van der Waals surface area contributed by atoms with Crippen molar-refractivity contribution in [1.29, 1.82) is 0 Å². The second-order valence-electron chi connectivity index (χ2n) is 6.93. The number of rotatable bonds is 7. The van der Waals surface area contributed by atoms with E-state index in [9.17, 15) is 15.2 Å². The van der Waals surface area contributed by atoms with Crippen LogP contribution in [0.3, 0.4) is 0 Å². The number of aliphatic hydroxyl groups is 1. The lowest BCUT2D eigenvalue weighted by Gasteiger charge is -2.36. The number of anilines is 1. The Morgan fingerprint density at radius 1 is 1.36 bits per heavy atom. The van der Waals surface area contributed by atoms with E-state index >= 15 is 0 Å². The average Bonchev–Trinajstić information content (AvgIpc) is 3.03. The van der Waals surface area contributed by atoms with Crippen LogP contribution in [-0.4, -0.2) is 34.8 Å². The third-order valence-electron chi connectivity index (χ3n) is 3.72. The lowest BCUT2D eigenvalue weighted by molar-refractivity contribution is -0.385. The van der Waals surface area contributed by atoms with Gasteiger partial charge in [0.05, 0.1) is 17.7 Å². The Morgan fingerprint density at radius 2 is 2.08 bits per heavy atom. The molecular weight excluding hydrogens is 324 g/mol. The van der Waals surface area contributed by atoms with Crippen molar-refractivity contribution in [3.05, 3.63) is 52.3 Å². The van der Waals surface area contributed by atoms with Gasteiger partial charge in [0.15, 0.2) is 11.6 Å². The van der Waals surface area contributed by atoms with Crippen LogP contribution in [0.4, 0.5) is 11.6 Å². The van der Waals surface area contributed by atoms with Crippen molar-refractivity contribution >= 4 is 11.6 Å². The zero-order valence-corrected chi connectivity index (χ0v) is 14.9. The van der Waals surface area contributed by atoms with E-state index < -0.39 is 11.0 Å². The van der Waals surface area contributed by atoms with Gasteiger partial charge in [-0.15, -0.1) is 0 Å². The largest absolute Gasteiger partial charge is 0.484 e. The summed E-state index contributed by atoms with van der Waals surface area (Å²) in [6.07, 6.45) is 0.733. The van der Waals surface area contributed by atoms with Crippen molar-refractivity contribution in [2.45, 2.75) is 39.3 Å². The zero-order valence-electron chi connectivity index (χ0n) is 14.9. The van der Waals surface area contributed by atoms with Crippen LogP contribution in [0.5, 0.6) is 5.75 Å². The molecule has 0 radical (unpaired) electrons. The van der Waals surface area contributed by atoms with Gasteiger partial charge < -0.3 is 19.2 Å². The molecule has 0 saturated carbocycles. The molecule has 0 saturated heterocycles. The number of hydrogen-bond acceptors (Lipinski definition) is 6. The zero-order chi connectivity index (χ0) is 18.6. The third kappa shape index (κ3) is 4.96. The number of furan rings is 1. The molecule has 0 aliphatic rings. The Hall–Kier alpha value is -2.54. The molecule has 7 heteroatoms. The summed E-state index contributed by atoms with van der Waals surface area (Å²) >= 11 is 0. The highest BCUT2D eigenvalue weighted by atomic mass is 16.6. The number of nitro benzene ring substituents is 1. The highest BCUT2D eigenvalue weighted by Crippen LogP contribution is 2.28. The van der Waals surface area contributed by atoms with Crippen LogP contribution in [0.1, 0.15) is 26.3 Å². The predicted molar refractivity (Wildman–Crippen MR) is 95.1 cm³/mol. The number of ether oxygens (including phenoxy) is 1. The van der Waals surface area contributed by atoms with Gasteiger partial charge in [-0.25, -0.2) is 0 Å². The second-order valence-corrected chi connectivity index (χ2v) is 6.93. The van der Waals surface area contributed by atoms with E-state index in [0.29, 0.717) is 5.88 Å². The molecule has 0 fully saturated rings. The lowest BCUT2D eigenvalue weighted by atomic mass is 10.1. The number of aryl methyl sites for hydroxylation is 1. The summed E-state index contributed by atoms with van der Waals surface area (Å²) in [6.45, 7) is 8.07. The molecule has 7 nitrogen and oxygen atoms in total. The van der Waals surface area contributed by atoms with Crippen LogP contribution in [0.15, 0.2) is 41.0 Å². The highest BCUT2D eigenvalue weighted by molar-refractivity contribution is 5.48. The number of aliphatic hydroxyl groups excluding tert-OH is 1. The Balaban J connectivity index is 2.06. The standard InChI is InChI=1S/C18H24N2O5/c1-13-7-8-15(20(22)23)16(10-13)25-12-14(21)11-19(18(2,3)4)17-6-5-9-24-17/h5-10,14,21H,11-12H2,1-4H3/t14-/m1/s1. The summed E-state index contributed by atoms with van der Waals surface area (Å²) in [5.74, 6) is 0.803. The molecule has 0 aliphatic heterocycles. The lowest BCUT2D eigenvalue weighted by Crippen LogP contribution is -2.47. The summed E-state index contributed by atoms with van der Waals surface area (Å²) in [7, 11) is 0. The normalized spacial score (nSPS) is 12.7. The minimum absolute atomic E-state index is 0.0580. The van der Waals surface area contributed by atoms with Crippen molar-refractivity contribution in [3.8, 4) is 5.75 Å². The molecule has 25 heavy (non-hydrogen) atoms. The van der Waals surface area contributed by atoms with Crippen LogP contribution >= 0.6 is 0 Å². The molecule has 0 aliphatic carbocycles. The van der Waals surface area contributed by atoms with E-state index in [4.69, 9.17) is 9.15 Å². The van der Waals surface area contributed by atoms with Gasteiger partial charge in [0, 0.05) is 17.7 Å². The smallest absolute Gasteiger partial charge is 0.310 e. The summed E-state index contributed by atoms with van der Waals surface area (Å²) in [6, 6.07) is 8.26. The monoisotopic (exact) mass is 348 g/mol. The fourth-order valence-corrected chi connectivity index (χ4v) is 2.46. The molecule has 136 valence electrons. The number of benzene rings is 1. The SMILES string of the molecule is Cc1ccc([N+](=O)[O-])c(OC[C@H](O)CN(c2ccco2)C(C)(C)C)c1. The molecule has 1 atom stereocenters. The fourth-order valence-electron chi connectivity index (χ4n) is 2.46. The summed E-state index contributed by atoms with van der Waals surface area (Å²) in [5.41, 5.74) is 0.465. The Morgan fingerprint density at radius 3 is 2.64 bits per heavy atom. The molecule has 1 heterocycles. The van der Waals surface area contributed by atoms with Gasteiger partial charge in [-0.2, -0.15) is 0 Å². The fraction of sp³-hybridized carbons (Fsp3) is 0.444. The molecule has 1 aromatic carbocycles. The van der Waals surface area contributed by atoms with Crippen LogP contribution in [0.2, 0.25) is 0 Å². The minimum Gasteiger partial charge on any atom is -0.484 e. The van der Waals surface area contributed by atoms with Gasteiger partial charge in [-0.1, -0.05) is 6.07 Å². The maximum Gasteiger partial charge on any atom is 0.310 e. The van der Waals surface area contributed by atoms with E-state index in [1.54, 1.807) is 24.5 Å². The first-order chi connectivity index (χ1) is 11.7. The van der Waals surface area contributed by atoms with Gasteiger partial charge in [0.2, 0.25) is 0 Å². The maximum absolute atomic E-state index is 11.1. The number of β-amino-alcohol motifs (C(OH)–C–C–N with tert-alkyl or cyclic N) is 1. The third-order valence-corrected chi connectivity index (χ3v) is 3.72. The van der Waals surface area contributed by atoms with E-state index in [2.05, 4.69) is 0 Å². The summed E-state index contributed by atoms with van der Waals surface area (Å²) in [4.78, 5) is 12.5. The van der Waals surface area contributed by atoms with Gasteiger partial charge >= 0.3 is 5.69 Å². The van der Waals surface area contributed by atoms with E-state index in [-0.39, 0.29) is 30.1 Å². The summed E-state index contributed by atoms with van der Waals surface area (Å²) < 4.78 is 11.0. The highest BCUT2D eigenvalue weighted by Gasteiger charge is 2.26. The summed E-state index contributed by atoms with van der Waals surface area (Å²) in [5, 5.41) is 21.4. The molecule has 2 rings (SSSR count). The van der Waals surface area contributed by atoms with Crippen LogP contribution in [0.25, 0.3) is 0 Å². The molecular formula is C18H24N2O5. The van der Waals surface area contributed by atoms with Crippen LogP contribution < -0.4 is 9.64 Å². The van der Waals surface area contributed by atoms with E-state index in [1.807, 2.05) is 38.7 Å². The molecule has 0 amide bonds.